The molecule has 106 valence electrons. The van der Waals surface area contributed by atoms with Crippen LogP contribution in [0.2, 0.25) is 10.0 Å². The number of benzene rings is 1. The minimum atomic E-state index is -0.356. The van der Waals surface area contributed by atoms with Crippen LogP contribution in [0.15, 0.2) is 22.7 Å². The number of carbonyl (C=O) groups excluding carboxylic acids is 1. The minimum absolute atomic E-state index is 0.0670. The summed E-state index contributed by atoms with van der Waals surface area (Å²) in [4.78, 5) is 15.6. The highest BCUT2D eigenvalue weighted by Crippen LogP contribution is 2.25. The van der Waals surface area contributed by atoms with E-state index in [2.05, 4.69) is 15.5 Å². The van der Waals surface area contributed by atoms with Gasteiger partial charge in [0.2, 0.25) is 5.91 Å². The maximum absolute atomic E-state index is 11.7. The Bertz CT molecular complexity index is 616. The van der Waals surface area contributed by atoms with E-state index >= 15 is 0 Å². The van der Waals surface area contributed by atoms with Crippen molar-refractivity contribution < 1.29 is 14.1 Å². The van der Waals surface area contributed by atoms with Gasteiger partial charge < -0.3 is 14.6 Å². The van der Waals surface area contributed by atoms with Gasteiger partial charge >= 0.3 is 0 Å². The van der Waals surface area contributed by atoms with Crippen LogP contribution in [0, 0.1) is 6.92 Å². The summed E-state index contributed by atoms with van der Waals surface area (Å²) in [6.07, 6.45) is 0. The van der Waals surface area contributed by atoms with Crippen molar-refractivity contribution >= 4 is 34.8 Å². The molecule has 0 atom stereocenters. The van der Waals surface area contributed by atoms with E-state index in [1.54, 1.807) is 25.1 Å². The second kappa shape index (κ2) is 6.69. The first-order valence-electron chi connectivity index (χ1n) is 5.66. The lowest BCUT2D eigenvalue weighted by Gasteiger charge is -2.07. The fourth-order valence-corrected chi connectivity index (χ4v) is 1.75. The van der Waals surface area contributed by atoms with Crippen molar-refractivity contribution in [3.05, 3.63) is 40.0 Å². The molecule has 0 saturated carbocycles. The van der Waals surface area contributed by atoms with Gasteiger partial charge in [0.1, 0.15) is 13.2 Å². The summed E-state index contributed by atoms with van der Waals surface area (Å²) in [7, 11) is 0. The maximum Gasteiger partial charge on any atom is 0.252 e. The summed E-state index contributed by atoms with van der Waals surface area (Å²) < 4.78 is 10.00. The lowest BCUT2D eigenvalue weighted by molar-refractivity contribution is -0.121. The fraction of sp³-hybridized carbons (Fsp3) is 0.250. The van der Waals surface area contributed by atoms with Gasteiger partial charge in [-0.2, -0.15) is 4.98 Å². The lowest BCUT2D eigenvalue weighted by Crippen LogP contribution is -2.18. The van der Waals surface area contributed by atoms with Gasteiger partial charge in [-0.3, -0.25) is 4.79 Å². The summed E-state index contributed by atoms with van der Waals surface area (Å²) in [5.74, 6) is 0.472. The molecule has 0 spiro atoms. The molecule has 20 heavy (non-hydrogen) atoms. The van der Waals surface area contributed by atoms with Crippen molar-refractivity contribution in [1.29, 1.82) is 0 Å². The third-order valence-electron chi connectivity index (χ3n) is 2.23. The Labute approximate surface area is 125 Å². The average Bonchev–Trinajstić information content (AvgIpc) is 2.80. The van der Waals surface area contributed by atoms with Crippen LogP contribution < -0.4 is 5.32 Å². The number of nitrogens with one attached hydrogen (secondary N) is 1. The van der Waals surface area contributed by atoms with Crippen LogP contribution in [0.5, 0.6) is 0 Å². The number of carbonyl (C=O) groups is 1. The van der Waals surface area contributed by atoms with Crippen molar-refractivity contribution in [3.8, 4) is 0 Å². The highest BCUT2D eigenvalue weighted by molar-refractivity contribution is 6.35. The van der Waals surface area contributed by atoms with Gasteiger partial charge in [0, 0.05) is 5.02 Å². The molecule has 1 N–H and O–H groups in total. The molecule has 0 radical (unpaired) electrons. The van der Waals surface area contributed by atoms with Crippen LogP contribution in [0.1, 0.15) is 11.7 Å². The quantitative estimate of drug-likeness (QED) is 0.918. The van der Waals surface area contributed by atoms with Crippen molar-refractivity contribution in [2.45, 2.75) is 13.5 Å². The zero-order chi connectivity index (χ0) is 14.5. The summed E-state index contributed by atoms with van der Waals surface area (Å²) in [5.41, 5.74) is 0.432. The Morgan fingerprint density at radius 3 is 2.95 bits per heavy atom. The molecule has 0 saturated heterocycles. The first kappa shape index (κ1) is 14.8. The zero-order valence-electron chi connectivity index (χ0n) is 10.5. The monoisotopic (exact) mass is 315 g/mol. The normalized spacial score (nSPS) is 10.6. The average molecular weight is 316 g/mol. The number of amides is 1. The number of nitrogens with zero attached hydrogens (tertiary/aromatic N) is 2. The summed E-state index contributed by atoms with van der Waals surface area (Å²) in [5, 5.41) is 7.08. The third kappa shape index (κ3) is 4.19. The first-order valence-corrected chi connectivity index (χ1v) is 6.42. The molecule has 1 aromatic carbocycles. The highest BCUT2D eigenvalue weighted by atomic mass is 35.5. The molecule has 8 heteroatoms. The summed E-state index contributed by atoms with van der Waals surface area (Å²) >= 11 is 11.7. The van der Waals surface area contributed by atoms with Gasteiger partial charge in [-0.25, -0.2) is 0 Å². The van der Waals surface area contributed by atoms with Gasteiger partial charge in [-0.05, 0) is 25.1 Å². The van der Waals surface area contributed by atoms with Gasteiger partial charge in [0.05, 0.1) is 10.7 Å². The SMILES string of the molecule is Cc1noc(COCC(=O)Nc2cc(Cl)ccc2Cl)n1. The largest absolute Gasteiger partial charge is 0.362 e. The van der Waals surface area contributed by atoms with Gasteiger partial charge in [-0.15, -0.1) is 0 Å². The van der Waals surface area contributed by atoms with E-state index in [0.29, 0.717) is 27.4 Å². The van der Waals surface area contributed by atoms with E-state index in [1.807, 2.05) is 0 Å². The molecule has 6 nitrogen and oxygen atoms in total. The molecule has 2 rings (SSSR count). The van der Waals surface area contributed by atoms with Crippen LogP contribution in [-0.2, 0) is 16.1 Å². The van der Waals surface area contributed by atoms with E-state index in [9.17, 15) is 4.79 Å². The van der Waals surface area contributed by atoms with Crippen LogP contribution in [0.25, 0.3) is 0 Å². The fourth-order valence-electron chi connectivity index (χ4n) is 1.41. The molecule has 0 aliphatic heterocycles. The topological polar surface area (TPSA) is 77.2 Å². The number of halogens is 2. The van der Waals surface area contributed by atoms with Crippen molar-refractivity contribution in [3.63, 3.8) is 0 Å². The van der Waals surface area contributed by atoms with E-state index in [-0.39, 0.29) is 19.1 Å². The van der Waals surface area contributed by atoms with Crippen LogP contribution in [0.4, 0.5) is 5.69 Å². The van der Waals surface area contributed by atoms with Crippen LogP contribution >= 0.6 is 23.2 Å². The standard InChI is InChI=1S/C12H11Cl2N3O3/c1-7-15-12(20-17-7)6-19-5-11(18)16-10-4-8(13)2-3-9(10)14/h2-4H,5-6H2,1H3,(H,16,18). The van der Waals surface area contributed by atoms with Crippen LogP contribution in [-0.4, -0.2) is 22.7 Å². The number of aryl methyl sites for hydroxylation is 1. The Morgan fingerprint density at radius 2 is 2.25 bits per heavy atom. The number of hydrogen-bond acceptors (Lipinski definition) is 5. The summed E-state index contributed by atoms with van der Waals surface area (Å²) in [6, 6.07) is 4.79. The lowest BCUT2D eigenvalue weighted by atomic mass is 10.3. The Hall–Kier alpha value is -1.63. The van der Waals surface area contributed by atoms with E-state index < -0.39 is 0 Å². The second-order valence-corrected chi connectivity index (χ2v) is 4.74. The molecule has 0 unspecified atom stereocenters. The highest BCUT2D eigenvalue weighted by Gasteiger charge is 2.08. The minimum Gasteiger partial charge on any atom is -0.362 e. The summed E-state index contributed by atoms with van der Waals surface area (Å²) in [6.45, 7) is 1.60. The zero-order valence-corrected chi connectivity index (χ0v) is 12.0. The molecular weight excluding hydrogens is 305 g/mol. The number of anilines is 1. The molecule has 0 fully saturated rings. The van der Waals surface area contributed by atoms with E-state index in [1.165, 1.54) is 0 Å². The molecule has 0 aliphatic rings. The molecular formula is C12H11Cl2N3O3. The second-order valence-electron chi connectivity index (χ2n) is 3.90. The third-order valence-corrected chi connectivity index (χ3v) is 2.80. The van der Waals surface area contributed by atoms with Gasteiger partial charge in [-0.1, -0.05) is 28.4 Å². The maximum atomic E-state index is 11.7. The van der Waals surface area contributed by atoms with Crippen molar-refractivity contribution in [2.75, 3.05) is 11.9 Å². The molecule has 1 aromatic heterocycles. The van der Waals surface area contributed by atoms with Gasteiger partial charge in [0.25, 0.3) is 5.89 Å². The van der Waals surface area contributed by atoms with Crippen molar-refractivity contribution in [2.24, 2.45) is 0 Å². The van der Waals surface area contributed by atoms with E-state index in [4.69, 9.17) is 32.5 Å². The van der Waals surface area contributed by atoms with E-state index in [0.717, 1.165) is 0 Å². The number of aromatic nitrogens is 2. The predicted octanol–water partition coefficient (Wildman–Crippen LogP) is 2.84. The smallest absolute Gasteiger partial charge is 0.252 e. The number of ether oxygens (including phenoxy) is 1. The Kier molecular flexibility index (Phi) is 4.94. The van der Waals surface area contributed by atoms with Gasteiger partial charge in [0.15, 0.2) is 5.82 Å². The van der Waals surface area contributed by atoms with Crippen molar-refractivity contribution in [1.82, 2.24) is 10.1 Å². The molecule has 1 amide bonds. The first-order chi connectivity index (χ1) is 9.54. The Balaban J connectivity index is 1.82. The molecule has 0 aliphatic carbocycles. The molecule has 1 heterocycles. The number of rotatable bonds is 5. The number of hydrogen-bond donors (Lipinski definition) is 1. The van der Waals surface area contributed by atoms with Crippen LogP contribution in [0.3, 0.4) is 0 Å². The molecule has 0 bridgehead atoms. The molecule has 2 aromatic rings. The predicted molar refractivity (Wildman–Crippen MR) is 73.8 cm³/mol. The Morgan fingerprint density at radius 1 is 1.45 bits per heavy atom.